The summed E-state index contributed by atoms with van der Waals surface area (Å²) >= 11 is -1.02. The van der Waals surface area contributed by atoms with Crippen LogP contribution < -0.4 is 0 Å². The molecule has 8 heteroatoms. The molecule has 0 amide bonds. The molecule has 0 aromatic rings. The van der Waals surface area contributed by atoms with Crippen molar-refractivity contribution in [1.82, 2.24) is 0 Å². The summed E-state index contributed by atoms with van der Waals surface area (Å²) in [5.74, 6) is 0.529. The summed E-state index contributed by atoms with van der Waals surface area (Å²) in [4.78, 5) is 14.7. The SMILES string of the molecule is CC[S@+]([O-])C1COC2C(O[N+](=O)[O-])COC21. The van der Waals surface area contributed by atoms with Crippen LogP contribution in [0, 0.1) is 10.1 Å². The second-order valence-corrected chi connectivity index (χ2v) is 5.62. The number of nitrogens with zero attached hydrogens (tertiary/aromatic N) is 1. The molecular formula is C8H13NO6S. The maximum absolute atomic E-state index is 11.7. The van der Waals surface area contributed by atoms with Gasteiger partial charge in [0.05, 0.1) is 13.2 Å². The summed E-state index contributed by atoms with van der Waals surface area (Å²) in [7, 11) is 0. The number of hydrogen-bond acceptors (Lipinski definition) is 6. The summed E-state index contributed by atoms with van der Waals surface area (Å²) < 4.78 is 22.4. The summed E-state index contributed by atoms with van der Waals surface area (Å²) in [6.45, 7) is 2.25. The minimum absolute atomic E-state index is 0.119. The molecule has 0 N–H and O–H groups in total. The molecule has 2 aliphatic rings. The first-order valence-corrected chi connectivity index (χ1v) is 6.43. The molecular weight excluding hydrogens is 238 g/mol. The summed E-state index contributed by atoms with van der Waals surface area (Å²) in [5, 5.41) is 9.19. The molecule has 92 valence electrons. The van der Waals surface area contributed by atoms with E-state index in [2.05, 4.69) is 4.84 Å². The van der Waals surface area contributed by atoms with Crippen molar-refractivity contribution in [2.45, 2.75) is 30.5 Å². The van der Waals surface area contributed by atoms with Gasteiger partial charge in [0.25, 0.3) is 5.09 Å². The number of ether oxygens (including phenoxy) is 2. The predicted molar refractivity (Wildman–Crippen MR) is 53.8 cm³/mol. The van der Waals surface area contributed by atoms with E-state index in [9.17, 15) is 14.7 Å². The van der Waals surface area contributed by atoms with Gasteiger partial charge in [0.1, 0.15) is 18.0 Å². The van der Waals surface area contributed by atoms with Crippen molar-refractivity contribution in [2.75, 3.05) is 19.0 Å². The van der Waals surface area contributed by atoms with Crippen molar-refractivity contribution in [2.24, 2.45) is 0 Å². The molecule has 0 aromatic heterocycles. The van der Waals surface area contributed by atoms with E-state index in [1.165, 1.54) is 0 Å². The van der Waals surface area contributed by atoms with Gasteiger partial charge in [-0.3, -0.25) is 0 Å². The van der Waals surface area contributed by atoms with Crippen LogP contribution in [0.25, 0.3) is 0 Å². The zero-order valence-electron chi connectivity index (χ0n) is 8.74. The lowest BCUT2D eigenvalue weighted by atomic mass is 10.1. The highest BCUT2D eigenvalue weighted by atomic mass is 32.2. The highest BCUT2D eigenvalue weighted by Gasteiger charge is 2.53. The van der Waals surface area contributed by atoms with Crippen LogP contribution in [0.4, 0.5) is 0 Å². The largest absolute Gasteiger partial charge is 0.616 e. The summed E-state index contributed by atoms with van der Waals surface area (Å²) in [6.07, 6.45) is -1.50. The molecule has 2 fully saturated rings. The number of hydrogen-bond donors (Lipinski definition) is 0. The molecule has 2 heterocycles. The average molecular weight is 251 g/mol. The second-order valence-electron chi connectivity index (χ2n) is 3.67. The molecule has 2 saturated heterocycles. The monoisotopic (exact) mass is 251 g/mol. The van der Waals surface area contributed by atoms with Gasteiger partial charge < -0.3 is 18.9 Å². The van der Waals surface area contributed by atoms with Gasteiger partial charge in [0.15, 0.2) is 11.4 Å². The molecule has 16 heavy (non-hydrogen) atoms. The van der Waals surface area contributed by atoms with Crippen LogP contribution in [0.2, 0.25) is 0 Å². The molecule has 0 radical (unpaired) electrons. The van der Waals surface area contributed by atoms with Crippen LogP contribution in [0.3, 0.4) is 0 Å². The van der Waals surface area contributed by atoms with Crippen LogP contribution in [0.5, 0.6) is 0 Å². The number of rotatable bonds is 4. The Morgan fingerprint density at radius 2 is 2.12 bits per heavy atom. The summed E-state index contributed by atoms with van der Waals surface area (Å²) in [5.41, 5.74) is 0. The molecule has 0 aliphatic carbocycles. The van der Waals surface area contributed by atoms with E-state index in [1.807, 2.05) is 6.92 Å². The zero-order chi connectivity index (χ0) is 11.7. The van der Waals surface area contributed by atoms with Gasteiger partial charge in [-0.2, -0.15) is 0 Å². The van der Waals surface area contributed by atoms with Crippen LogP contribution in [-0.4, -0.2) is 52.2 Å². The smallest absolute Gasteiger partial charge is 0.294 e. The molecule has 0 saturated carbocycles. The first-order valence-electron chi connectivity index (χ1n) is 5.05. The standard InChI is InChI=1S/C8H13NO6S/c1-2-16(12)6-4-14-7-5(15-9(10)11)3-13-8(6)7/h5-8H,2-4H2,1H3/t5?,6?,7?,8?,16-/m0/s1. The maximum Gasteiger partial charge on any atom is 0.294 e. The zero-order valence-corrected chi connectivity index (χ0v) is 9.55. The maximum atomic E-state index is 11.7. The third-order valence-corrected chi connectivity index (χ3v) is 4.45. The molecule has 0 bridgehead atoms. The van der Waals surface area contributed by atoms with Gasteiger partial charge in [-0.05, 0) is 18.1 Å². The van der Waals surface area contributed by atoms with Crippen molar-refractivity contribution >= 4 is 11.2 Å². The quantitative estimate of drug-likeness (QED) is 0.380. The Labute approximate surface area is 95.3 Å². The van der Waals surface area contributed by atoms with E-state index in [-0.39, 0.29) is 18.0 Å². The Balaban J connectivity index is 1.98. The van der Waals surface area contributed by atoms with Gasteiger partial charge in [0, 0.05) is 0 Å². The van der Waals surface area contributed by atoms with Crippen molar-refractivity contribution in [3.63, 3.8) is 0 Å². The molecule has 5 atom stereocenters. The van der Waals surface area contributed by atoms with Crippen molar-refractivity contribution in [1.29, 1.82) is 0 Å². The fraction of sp³-hybridized carbons (Fsp3) is 1.00. The molecule has 2 aliphatic heterocycles. The molecule has 4 unspecified atom stereocenters. The van der Waals surface area contributed by atoms with Gasteiger partial charge in [0.2, 0.25) is 0 Å². The average Bonchev–Trinajstić information content (AvgIpc) is 2.79. The molecule has 7 nitrogen and oxygen atoms in total. The van der Waals surface area contributed by atoms with E-state index < -0.39 is 28.5 Å². The normalized spacial score (nSPS) is 39.4. The van der Waals surface area contributed by atoms with Gasteiger partial charge in [-0.1, -0.05) is 0 Å². The second kappa shape index (κ2) is 4.74. The fourth-order valence-electron chi connectivity index (χ4n) is 2.07. The van der Waals surface area contributed by atoms with Crippen molar-refractivity contribution in [3.8, 4) is 0 Å². The van der Waals surface area contributed by atoms with Gasteiger partial charge >= 0.3 is 0 Å². The van der Waals surface area contributed by atoms with Gasteiger partial charge in [-0.25, -0.2) is 0 Å². The third kappa shape index (κ3) is 2.10. The van der Waals surface area contributed by atoms with Crippen molar-refractivity contribution in [3.05, 3.63) is 10.1 Å². The lowest BCUT2D eigenvalue weighted by Crippen LogP contribution is -2.38. The van der Waals surface area contributed by atoms with Crippen LogP contribution in [0.15, 0.2) is 0 Å². The van der Waals surface area contributed by atoms with Crippen LogP contribution >= 0.6 is 0 Å². The van der Waals surface area contributed by atoms with E-state index in [0.29, 0.717) is 12.4 Å². The van der Waals surface area contributed by atoms with E-state index in [0.717, 1.165) is 0 Å². The lowest BCUT2D eigenvalue weighted by Gasteiger charge is -2.19. The first kappa shape index (κ1) is 11.9. The Bertz CT molecular complexity index is 277. The Kier molecular flexibility index (Phi) is 3.53. The minimum atomic E-state index is -1.02. The first-order chi connectivity index (χ1) is 7.63. The van der Waals surface area contributed by atoms with Crippen LogP contribution in [-0.2, 0) is 25.5 Å². The topological polar surface area (TPSA) is 93.9 Å². The van der Waals surface area contributed by atoms with E-state index in [1.54, 1.807) is 0 Å². The minimum Gasteiger partial charge on any atom is -0.616 e. The highest BCUT2D eigenvalue weighted by molar-refractivity contribution is 7.92. The Morgan fingerprint density at radius 1 is 1.44 bits per heavy atom. The number of fused-ring (bicyclic) bond motifs is 1. The Hall–Kier alpha value is -0.570. The molecule has 0 spiro atoms. The molecule has 0 aromatic carbocycles. The molecule has 2 rings (SSSR count). The van der Waals surface area contributed by atoms with E-state index >= 15 is 0 Å². The third-order valence-electron chi connectivity index (χ3n) is 2.81. The predicted octanol–water partition coefficient (Wildman–Crippen LogP) is -0.502. The van der Waals surface area contributed by atoms with Gasteiger partial charge in [-0.15, -0.1) is 10.1 Å². The van der Waals surface area contributed by atoms with E-state index in [4.69, 9.17) is 9.47 Å². The van der Waals surface area contributed by atoms with Crippen molar-refractivity contribution < 1.29 is 24.0 Å². The Morgan fingerprint density at radius 3 is 2.75 bits per heavy atom. The fourth-order valence-corrected chi connectivity index (χ4v) is 3.26. The summed E-state index contributed by atoms with van der Waals surface area (Å²) in [6, 6.07) is 0. The van der Waals surface area contributed by atoms with Crippen LogP contribution in [0.1, 0.15) is 6.92 Å². The lowest BCUT2D eigenvalue weighted by molar-refractivity contribution is -0.769. The highest BCUT2D eigenvalue weighted by Crippen LogP contribution is 2.32.